The number of hydrogen-bond acceptors (Lipinski definition) is 3. The predicted molar refractivity (Wildman–Crippen MR) is 89.7 cm³/mol. The average Bonchev–Trinajstić information content (AvgIpc) is 2.76. The second-order valence-corrected chi connectivity index (χ2v) is 6.73. The number of benzene rings is 1. The molecular weight excluding hydrogens is 312 g/mol. The minimum atomic E-state index is -0.360. The fraction of sp³-hybridized carbons (Fsp3) is 0.444. The summed E-state index contributed by atoms with van der Waals surface area (Å²) in [5.74, 6) is -0.0900. The van der Waals surface area contributed by atoms with Gasteiger partial charge in [0.05, 0.1) is 0 Å². The van der Waals surface area contributed by atoms with Crippen LogP contribution >= 0.6 is 11.6 Å². The van der Waals surface area contributed by atoms with Crippen molar-refractivity contribution in [3.05, 3.63) is 46.6 Å². The van der Waals surface area contributed by atoms with E-state index in [4.69, 9.17) is 11.6 Å². The van der Waals surface area contributed by atoms with Crippen molar-refractivity contribution in [3.8, 4) is 0 Å². The molecule has 0 bridgehead atoms. The van der Waals surface area contributed by atoms with Gasteiger partial charge >= 0.3 is 0 Å². The lowest BCUT2D eigenvalue weighted by Gasteiger charge is -2.33. The number of imide groups is 1. The van der Waals surface area contributed by atoms with Gasteiger partial charge in [-0.1, -0.05) is 48.9 Å². The summed E-state index contributed by atoms with van der Waals surface area (Å²) in [6.07, 6.45) is 2.83. The van der Waals surface area contributed by atoms with Gasteiger partial charge in [0.2, 0.25) is 0 Å². The van der Waals surface area contributed by atoms with Crippen LogP contribution in [0.2, 0.25) is 0 Å². The van der Waals surface area contributed by atoms with Crippen molar-refractivity contribution in [2.75, 3.05) is 19.6 Å². The van der Waals surface area contributed by atoms with E-state index in [0.717, 1.165) is 31.5 Å². The van der Waals surface area contributed by atoms with Gasteiger partial charge < -0.3 is 4.90 Å². The second-order valence-electron chi connectivity index (χ2n) is 6.35. The maximum Gasteiger partial charge on any atom is 0.278 e. The van der Waals surface area contributed by atoms with Gasteiger partial charge in [-0.25, -0.2) is 0 Å². The highest BCUT2D eigenvalue weighted by Crippen LogP contribution is 2.30. The van der Waals surface area contributed by atoms with Gasteiger partial charge in [-0.05, 0) is 30.7 Å². The number of rotatable bonds is 4. The largest absolute Gasteiger partial charge is 0.365 e. The summed E-state index contributed by atoms with van der Waals surface area (Å²) in [5.41, 5.74) is 1.50. The smallest absolute Gasteiger partial charge is 0.278 e. The molecule has 2 aliphatic rings. The van der Waals surface area contributed by atoms with E-state index in [1.807, 2.05) is 35.2 Å². The zero-order valence-corrected chi connectivity index (χ0v) is 14.1. The van der Waals surface area contributed by atoms with E-state index >= 15 is 0 Å². The van der Waals surface area contributed by atoms with Gasteiger partial charge in [-0.15, -0.1) is 0 Å². The van der Waals surface area contributed by atoms with Gasteiger partial charge in [-0.3, -0.25) is 14.5 Å². The molecule has 2 amide bonds. The molecule has 3 rings (SSSR count). The number of piperidine rings is 1. The lowest BCUT2D eigenvalue weighted by molar-refractivity contribution is -0.138. The normalized spacial score (nSPS) is 22.3. The van der Waals surface area contributed by atoms with Crippen LogP contribution in [0, 0.1) is 5.92 Å². The Hall–Kier alpha value is -1.81. The van der Waals surface area contributed by atoms with E-state index < -0.39 is 0 Å². The Morgan fingerprint density at radius 1 is 1.17 bits per heavy atom. The summed E-state index contributed by atoms with van der Waals surface area (Å²) in [6.45, 7) is 4.11. The number of halogens is 1. The molecule has 1 atom stereocenters. The summed E-state index contributed by atoms with van der Waals surface area (Å²) >= 11 is 6.21. The lowest BCUT2D eigenvalue weighted by atomic mass is 10.00. The third-order valence-electron chi connectivity index (χ3n) is 4.53. The first-order chi connectivity index (χ1) is 11.1. The molecule has 122 valence electrons. The molecule has 0 aromatic heterocycles. The third kappa shape index (κ3) is 3.27. The monoisotopic (exact) mass is 332 g/mol. The molecule has 1 aromatic rings. The van der Waals surface area contributed by atoms with Crippen molar-refractivity contribution in [2.24, 2.45) is 5.92 Å². The summed E-state index contributed by atoms with van der Waals surface area (Å²) in [4.78, 5) is 28.3. The van der Waals surface area contributed by atoms with E-state index in [2.05, 4.69) is 6.92 Å². The predicted octanol–water partition coefficient (Wildman–Crippen LogP) is 2.78. The number of likely N-dealkylation sites (tertiary alicyclic amines) is 1. The maximum absolute atomic E-state index is 12.7. The first-order valence-corrected chi connectivity index (χ1v) is 8.50. The third-order valence-corrected chi connectivity index (χ3v) is 4.87. The first-order valence-electron chi connectivity index (χ1n) is 8.12. The van der Waals surface area contributed by atoms with Crippen LogP contribution in [-0.2, 0) is 16.0 Å². The van der Waals surface area contributed by atoms with Crippen LogP contribution in [0.4, 0.5) is 0 Å². The van der Waals surface area contributed by atoms with Gasteiger partial charge in [0, 0.05) is 19.6 Å². The highest BCUT2D eigenvalue weighted by molar-refractivity contribution is 6.47. The summed E-state index contributed by atoms with van der Waals surface area (Å²) in [5, 5.41) is 0.0807. The maximum atomic E-state index is 12.7. The fourth-order valence-electron chi connectivity index (χ4n) is 3.29. The van der Waals surface area contributed by atoms with Crippen LogP contribution in [-0.4, -0.2) is 41.2 Å². The molecule has 0 N–H and O–H groups in total. The van der Waals surface area contributed by atoms with Crippen molar-refractivity contribution in [2.45, 2.75) is 26.2 Å². The molecule has 1 unspecified atom stereocenters. The van der Waals surface area contributed by atoms with Crippen LogP contribution < -0.4 is 0 Å². The van der Waals surface area contributed by atoms with Gasteiger partial charge in [-0.2, -0.15) is 0 Å². The quantitative estimate of drug-likeness (QED) is 0.796. The van der Waals surface area contributed by atoms with Gasteiger partial charge in [0.15, 0.2) is 0 Å². The standard InChI is InChI=1S/C18H21ClN2O2/c1-13-6-5-10-20(12-13)16-15(19)17(22)21(18(16)23)11-9-14-7-3-2-4-8-14/h2-4,7-8,13H,5-6,9-12H2,1H3. The van der Waals surface area contributed by atoms with Crippen molar-refractivity contribution in [1.82, 2.24) is 9.80 Å². The molecule has 2 aliphatic heterocycles. The molecule has 1 aromatic carbocycles. The fourth-order valence-corrected chi connectivity index (χ4v) is 3.59. The Morgan fingerprint density at radius 2 is 1.91 bits per heavy atom. The van der Waals surface area contributed by atoms with Crippen LogP contribution in [0.25, 0.3) is 0 Å². The Kier molecular flexibility index (Phi) is 4.71. The summed E-state index contributed by atoms with van der Waals surface area (Å²) < 4.78 is 0. The van der Waals surface area contributed by atoms with E-state index in [1.54, 1.807) is 0 Å². The molecule has 5 heteroatoms. The highest BCUT2D eigenvalue weighted by Gasteiger charge is 2.40. The van der Waals surface area contributed by atoms with Crippen LogP contribution in [0.3, 0.4) is 0 Å². The molecule has 0 radical (unpaired) electrons. The minimum absolute atomic E-state index is 0.0807. The molecule has 4 nitrogen and oxygen atoms in total. The van der Waals surface area contributed by atoms with Crippen molar-refractivity contribution >= 4 is 23.4 Å². The van der Waals surface area contributed by atoms with Crippen LogP contribution in [0.1, 0.15) is 25.3 Å². The Morgan fingerprint density at radius 3 is 2.61 bits per heavy atom. The van der Waals surface area contributed by atoms with E-state index in [0.29, 0.717) is 24.6 Å². The number of nitrogens with zero attached hydrogens (tertiary/aromatic N) is 2. The Bertz CT molecular complexity index is 642. The zero-order valence-electron chi connectivity index (χ0n) is 13.3. The van der Waals surface area contributed by atoms with E-state index in [1.165, 1.54) is 4.90 Å². The molecule has 0 saturated carbocycles. The lowest BCUT2D eigenvalue weighted by Crippen LogP contribution is -2.39. The number of amides is 2. The molecule has 1 saturated heterocycles. The van der Waals surface area contributed by atoms with Crippen LogP contribution in [0.5, 0.6) is 0 Å². The number of hydrogen-bond donors (Lipinski definition) is 0. The van der Waals surface area contributed by atoms with Crippen LogP contribution in [0.15, 0.2) is 41.1 Å². The van der Waals surface area contributed by atoms with Crippen molar-refractivity contribution in [1.29, 1.82) is 0 Å². The highest BCUT2D eigenvalue weighted by atomic mass is 35.5. The summed E-state index contributed by atoms with van der Waals surface area (Å²) in [6, 6.07) is 9.84. The SMILES string of the molecule is CC1CCCN(C2=C(Cl)C(=O)N(CCc3ccccc3)C2=O)C1. The number of carbonyl (C=O) groups excluding carboxylic acids is 2. The summed E-state index contributed by atoms with van der Waals surface area (Å²) in [7, 11) is 0. The molecule has 0 aliphatic carbocycles. The van der Waals surface area contributed by atoms with Gasteiger partial charge in [0.25, 0.3) is 11.8 Å². The zero-order chi connectivity index (χ0) is 16.4. The molecule has 2 heterocycles. The Balaban J connectivity index is 1.71. The van der Waals surface area contributed by atoms with Crippen molar-refractivity contribution in [3.63, 3.8) is 0 Å². The minimum Gasteiger partial charge on any atom is -0.365 e. The van der Waals surface area contributed by atoms with E-state index in [9.17, 15) is 9.59 Å². The number of carbonyl (C=O) groups is 2. The average molecular weight is 333 g/mol. The Labute approximate surface area is 141 Å². The topological polar surface area (TPSA) is 40.6 Å². The van der Waals surface area contributed by atoms with E-state index in [-0.39, 0.29) is 16.8 Å². The molecule has 23 heavy (non-hydrogen) atoms. The second kappa shape index (κ2) is 6.75. The molecule has 0 spiro atoms. The molecule has 1 fully saturated rings. The first kappa shape index (κ1) is 16.1. The van der Waals surface area contributed by atoms with Crippen molar-refractivity contribution < 1.29 is 9.59 Å². The molecular formula is C18H21ClN2O2. The van der Waals surface area contributed by atoms with Gasteiger partial charge in [0.1, 0.15) is 10.7 Å².